The summed E-state index contributed by atoms with van der Waals surface area (Å²) in [5, 5.41) is 6.23. The Morgan fingerprint density at radius 2 is 2.18 bits per heavy atom. The molecule has 4 heteroatoms. The van der Waals surface area contributed by atoms with Crippen molar-refractivity contribution >= 4 is 5.91 Å². The van der Waals surface area contributed by atoms with Gasteiger partial charge in [-0.15, -0.1) is 0 Å². The third-order valence-electron chi connectivity index (χ3n) is 3.31. The van der Waals surface area contributed by atoms with Crippen molar-refractivity contribution < 1.29 is 4.79 Å². The van der Waals surface area contributed by atoms with Gasteiger partial charge in [-0.1, -0.05) is 26.2 Å². The second-order valence-corrected chi connectivity index (χ2v) is 4.71. The van der Waals surface area contributed by atoms with E-state index in [4.69, 9.17) is 0 Å². The lowest BCUT2D eigenvalue weighted by Gasteiger charge is -2.35. The molecule has 100 valence electrons. The molecule has 1 aliphatic heterocycles. The maximum atomic E-state index is 11.9. The van der Waals surface area contributed by atoms with Gasteiger partial charge in [0, 0.05) is 26.2 Å². The second-order valence-electron chi connectivity index (χ2n) is 4.71. The van der Waals surface area contributed by atoms with Crippen molar-refractivity contribution in [1.29, 1.82) is 0 Å². The molecule has 1 heterocycles. The quantitative estimate of drug-likeness (QED) is 0.653. The predicted octanol–water partition coefficient (Wildman–Crippen LogP) is 0.977. The summed E-state index contributed by atoms with van der Waals surface area (Å²) in [5.41, 5.74) is 0. The van der Waals surface area contributed by atoms with Gasteiger partial charge in [0.1, 0.15) is 6.04 Å². The van der Waals surface area contributed by atoms with Crippen LogP contribution >= 0.6 is 0 Å². The van der Waals surface area contributed by atoms with Gasteiger partial charge in [-0.25, -0.2) is 0 Å². The Balaban J connectivity index is 2.34. The third kappa shape index (κ3) is 5.04. The monoisotopic (exact) mass is 241 g/mol. The fourth-order valence-corrected chi connectivity index (χ4v) is 2.31. The average Bonchev–Trinajstić information content (AvgIpc) is 2.35. The zero-order valence-electron chi connectivity index (χ0n) is 11.3. The van der Waals surface area contributed by atoms with Crippen LogP contribution in [0.3, 0.4) is 0 Å². The smallest absolute Gasteiger partial charge is 0.238 e. The first-order valence-electron chi connectivity index (χ1n) is 7.02. The molecule has 0 aromatic heterocycles. The summed E-state index contributed by atoms with van der Waals surface area (Å²) < 4.78 is 0. The Kier molecular flexibility index (Phi) is 7.21. The number of unbranched alkanes of at least 4 members (excludes halogenated alkanes) is 3. The van der Waals surface area contributed by atoms with Crippen molar-refractivity contribution in [2.45, 2.75) is 45.6 Å². The molecule has 0 aromatic carbocycles. The third-order valence-corrected chi connectivity index (χ3v) is 3.31. The molecule has 1 amide bonds. The van der Waals surface area contributed by atoms with Gasteiger partial charge in [-0.3, -0.25) is 9.69 Å². The number of likely N-dealkylation sites (N-methyl/N-ethyl adjacent to an activating group) is 1. The van der Waals surface area contributed by atoms with Crippen LogP contribution in [0, 0.1) is 0 Å². The first-order valence-corrected chi connectivity index (χ1v) is 7.02. The molecule has 0 radical (unpaired) electrons. The Bertz CT molecular complexity index is 221. The molecule has 1 unspecified atom stereocenters. The Morgan fingerprint density at radius 3 is 2.88 bits per heavy atom. The fraction of sp³-hybridized carbons (Fsp3) is 0.923. The summed E-state index contributed by atoms with van der Waals surface area (Å²) in [4.78, 5) is 14.2. The number of hydrogen-bond donors (Lipinski definition) is 2. The SMILES string of the molecule is CCCCCCN1CCNCC1C(=O)NCC. The van der Waals surface area contributed by atoms with E-state index in [-0.39, 0.29) is 11.9 Å². The van der Waals surface area contributed by atoms with Crippen molar-refractivity contribution in [3.8, 4) is 0 Å². The van der Waals surface area contributed by atoms with Crippen molar-refractivity contribution in [2.24, 2.45) is 0 Å². The zero-order chi connectivity index (χ0) is 12.5. The first-order chi connectivity index (χ1) is 8.29. The number of nitrogens with one attached hydrogen (secondary N) is 2. The van der Waals surface area contributed by atoms with Crippen LogP contribution in [0.5, 0.6) is 0 Å². The van der Waals surface area contributed by atoms with E-state index in [1.54, 1.807) is 0 Å². The number of hydrogen-bond acceptors (Lipinski definition) is 3. The van der Waals surface area contributed by atoms with Gasteiger partial charge in [-0.05, 0) is 19.9 Å². The van der Waals surface area contributed by atoms with Crippen LogP contribution in [0.25, 0.3) is 0 Å². The minimum Gasteiger partial charge on any atom is -0.355 e. The summed E-state index contributed by atoms with van der Waals surface area (Å²) in [6.45, 7) is 8.77. The molecule has 1 aliphatic rings. The number of carbonyl (C=O) groups is 1. The Morgan fingerprint density at radius 1 is 1.35 bits per heavy atom. The molecule has 1 fully saturated rings. The second kappa shape index (κ2) is 8.48. The number of amides is 1. The van der Waals surface area contributed by atoms with Crippen LogP contribution in [0.4, 0.5) is 0 Å². The largest absolute Gasteiger partial charge is 0.355 e. The van der Waals surface area contributed by atoms with E-state index in [0.29, 0.717) is 0 Å². The summed E-state index contributed by atoms with van der Waals surface area (Å²) >= 11 is 0. The highest BCUT2D eigenvalue weighted by atomic mass is 16.2. The molecule has 17 heavy (non-hydrogen) atoms. The molecule has 1 rings (SSSR count). The summed E-state index contributed by atoms with van der Waals surface area (Å²) in [6.07, 6.45) is 5.06. The number of carbonyl (C=O) groups excluding carboxylic acids is 1. The first kappa shape index (κ1) is 14.5. The Hall–Kier alpha value is -0.610. The van der Waals surface area contributed by atoms with Crippen LogP contribution in [0.1, 0.15) is 39.5 Å². The molecular weight excluding hydrogens is 214 g/mol. The van der Waals surface area contributed by atoms with Gasteiger partial charge >= 0.3 is 0 Å². The molecular formula is C13H27N3O. The number of rotatable bonds is 7. The van der Waals surface area contributed by atoms with Crippen molar-refractivity contribution in [2.75, 3.05) is 32.7 Å². The predicted molar refractivity (Wildman–Crippen MR) is 71.1 cm³/mol. The lowest BCUT2D eigenvalue weighted by Crippen LogP contribution is -2.57. The lowest BCUT2D eigenvalue weighted by atomic mass is 10.1. The van der Waals surface area contributed by atoms with Gasteiger partial charge in [-0.2, -0.15) is 0 Å². The van der Waals surface area contributed by atoms with Gasteiger partial charge in [0.2, 0.25) is 5.91 Å². The summed E-state index contributed by atoms with van der Waals surface area (Å²) in [7, 11) is 0. The highest BCUT2D eigenvalue weighted by Crippen LogP contribution is 2.07. The lowest BCUT2D eigenvalue weighted by molar-refractivity contribution is -0.127. The number of piperazine rings is 1. The van der Waals surface area contributed by atoms with E-state index in [1.807, 2.05) is 6.92 Å². The molecule has 1 atom stereocenters. The van der Waals surface area contributed by atoms with Gasteiger partial charge in [0.05, 0.1) is 0 Å². The minimum atomic E-state index is 0.0327. The summed E-state index contributed by atoms with van der Waals surface area (Å²) in [5.74, 6) is 0.176. The van der Waals surface area contributed by atoms with E-state index >= 15 is 0 Å². The van der Waals surface area contributed by atoms with Crippen molar-refractivity contribution in [1.82, 2.24) is 15.5 Å². The van der Waals surface area contributed by atoms with Gasteiger partial charge < -0.3 is 10.6 Å². The molecule has 0 saturated carbocycles. The molecule has 0 bridgehead atoms. The molecule has 2 N–H and O–H groups in total. The molecule has 1 saturated heterocycles. The van der Waals surface area contributed by atoms with Crippen LogP contribution in [0.2, 0.25) is 0 Å². The van der Waals surface area contributed by atoms with Crippen LogP contribution in [0.15, 0.2) is 0 Å². The number of nitrogens with zero attached hydrogens (tertiary/aromatic N) is 1. The van der Waals surface area contributed by atoms with Crippen molar-refractivity contribution in [3.63, 3.8) is 0 Å². The van der Waals surface area contributed by atoms with Crippen LogP contribution in [-0.2, 0) is 4.79 Å². The normalized spacial score (nSPS) is 21.4. The van der Waals surface area contributed by atoms with E-state index in [1.165, 1.54) is 25.7 Å². The highest BCUT2D eigenvalue weighted by molar-refractivity contribution is 5.82. The minimum absolute atomic E-state index is 0.0327. The van der Waals surface area contributed by atoms with E-state index in [0.717, 1.165) is 32.7 Å². The van der Waals surface area contributed by atoms with E-state index < -0.39 is 0 Å². The maximum Gasteiger partial charge on any atom is 0.238 e. The van der Waals surface area contributed by atoms with E-state index in [2.05, 4.69) is 22.5 Å². The topological polar surface area (TPSA) is 44.4 Å². The average molecular weight is 241 g/mol. The summed E-state index contributed by atoms with van der Waals surface area (Å²) in [6, 6.07) is 0.0327. The maximum absolute atomic E-state index is 11.9. The molecule has 4 nitrogen and oxygen atoms in total. The molecule has 0 spiro atoms. The Labute approximate surface area is 105 Å². The zero-order valence-corrected chi connectivity index (χ0v) is 11.3. The fourth-order valence-electron chi connectivity index (χ4n) is 2.31. The standard InChI is InChI=1S/C13H27N3O/c1-3-5-6-7-9-16-10-8-14-11-12(16)13(17)15-4-2/h12,14H,3-11H2,1-2H3,(H,15,17). The van der Waals surface area contributed by atoms with Crippen LogP contribution < -0.4 is 10.6 Å². The highest BCUT2D eigenvalue weighted by Gasteiger charge is 2.27. The van der Waals surface area contributed by atoms with Crippen LogP contribution in [-0.4, -0.2) is 49.6 Å². The van der Waals surface area contributed by atoms with Gasteiger partial charge in [0.25, 0.3) is 0 Å². The molecule has 0 aromatic rings. The van der Waals surface area contributed by atoms with Gasteiger partial charge in [0.15, 0.2) is 0 Å². The van der Waals surface area contributed by atoms with E-state index in [9.17, 15) is 4.79 Å². The van der Waals surface area contributed by atoms with Crippen molar-refractivity contribution in [3.05, 3.63) is 0 Å². The molecule has 0 aliphatic carbocycles.